The van der Waals surface area contributed by atoms with E-state index in [0.29, 0.717) is 0 Å². The molecular weight excluding hydrogens is 368 g/mol. The molecule has 0 radical (unpaired) electrons. The maximum absolute atomic E-state index is 9.81. The Labute approximate surface area is 155 Å². The highest BCUT2D eigenvalue weighted by atomic mass is 32.2. The molecule has 0 bridgehead atoms. The van der Waals surface area contributed by atoms with E-state index in [4.69, 9.17) is 17.5 Å². The van der Waals surface area contributed by atoms with Crippen molar-refractivity contribution in [3.05, 3.63) is 59.7 Å². The number of hydrogen-bond donors (Lipinski definition) is 2. The fourth-order valence-electron chi connectivity index (χ4n) is 2.68. The average Bonchev–Trinajstić information content (AvgIpc) is 2.51. The van der Waals surface area contributed by atoms with E-state index < -0.39 is 31.6 Å². The highest BCUT2D eigenvalue weighted by Gasteiger charge is 2.18. The summed E-state index contributed by atoms with van der Waals surface area (Å²) in [4.78, 5) is 0. The van der Waals surface area contributed by atoms with Gasteiger partial charge in [-0.05, 0) is 24.3 Å². The third-order valence-corrected chi connectivity index (χ3v) is 6.63. The average molecular weight is 393 g/mol. The van der Waals surface area contributed by atoms with Crippen molar-refractivity contribution in [2.75, 3.05) is 25.0 Å². The van der Waals surface area contributed by atoms with E-state index in [1.165, 1.54) is 0 Å². The van der Waals surface area contributed by atoms with Crippen LogP contribution in [-0.2, 0) is 19.2 Å². The largest absolute Gasteiger partial charge is 0.508 e. The molecule has 0 atom stereocenters. The first-order chi connectivity index (χ1) is 12.1. The van der Waals surface area contributed by atoms with Gasteiger partial charge in [0.15, 0.2) is 12.3 Å². The van der Waals surface area contributed by atoms with E-state index in [2.05, 4.69) is 0 Å². The second-order valence-electron chi connectivity index (χ2n) is 6.80. The van der Waals surface area contributed by atoms with Crippen molar-refractivity contribution < 1.29 is 10.2 Å². The van der Waals surface area contributed by atoms with Crippen molar-refractivity contribution in [3.8, 4) is 11.5 Å². The van der Waals surface area contributed by atoms with Crippen LogP contribution < -0.4 is 0 Å². The van der Waals surface area contributed by atoms with E-state index in [9.17, 15) is 10.2 Å². The normalized spacial score (nSPS) is 24.0. The summed E-state index contributed by atoms with van der Waals surface area (Å²) in [5.74, 6) is 0.393. The molecule has 0 saturated heterocycles. The molecule has 0 spiro atoms. The second-order valence-corrected chi connectivity index (χ2v) is 12.5. The minimum Gasteiger partial charge on any atom is -0.508 e. The summed E-state index contributed by atoms with van der Waals surface area (Å²) >= 11 is 0. The molecule has 6 nitrogen and oxygen atoms in total. The molecule has 0 amide bonds. The fourth-order valence-corrected chi connectivity index (χ4v) is 5.54. The minimum absolute atomic E-state index is 0.196. The van der Waals surface area contributed by atoms with Crippen molar-refractivity contribution in [2.45, 2.75) is 12.3 Å². The van der Waals surface area contributed by atoms with Crippen LogP contribution in [0.1, 0.15) is 23.5 Å². The molecule has 0 fully saturated rings. The predicted octanol–water partition coefficient (Wildman–Crippen LogP) is 4.37. The van der Waals surface area contributed by atoms with Crippen molar-refractivity contribution in [3.63, 3.8) is 0 Å². The summed E-state index contributed by atoms with van der Waals surface area (Å²) in [6, 6.07) is 14.1. The minimum atomic E-state index is -1.70. The zero-order valence-corrected chi connectivity index (χ0v) is 16.9. The monoisotopic (exact) mass is 392 g/mol. The first-order valence-electron chi connectivity index (χ1n) is 8.06. The molecule has 0 aliphatic carbocycles. The number of phenols is 2. The van der Waals surface area contributed by atoms with E-state index in [0.717, 1.165) is 11.1 Å². The number of aromatic hydroxyl groups is 2. The molecular formula is C18H24N4O2S2. The van der Waals surface area contributed by atoms with Crippen LogP contribution in [-0.4, -0.2) is 35.2 Å². The Morgan fingerprint density at radius 3 is 1.31 bits per heavy atom. The Morgan fingerprint density at radius 2 is 1.00 bits per heavy atom. The Morgan fingerprint density at radius 1 is 0.654 bits per heavy atom. The number of benzene rings is 2. The molecule has 0 aromatic heterocycles. The van der Waals surface area contributed by atoms with Crippen LogP contribution in [0.2, 0.25) is 0 Å². The zero-order valence-electron chi connectivity index (χ0n) is 15.3. The summed E-state index contributed by atoms with van der Waals surface area (Å²) < 4.78 is 19.6. The smallest absolute Gasteiger partial charge is 0.180 e. The Balaban J connectivity index is 2.20. The van der Waals surface area contributed by atoms with Gasteiger partial charge in [-0.1, -0.05) is 43.5 Å². The quantitative estimate of drug-likeness (QED) is 0.794. The zero-order chi connectivity index (χ0) is 18.9. The third kappa shape index (κ3) is 4.56. The van der Waals surface area contributed by atoms with Crippen LogP contribution in [0.15, 0.2) is 66.0 Å². The van der Waals surface area contributed by atoms with Crippen molar-refractivity contribution in [1.82, 2.24) is 0 Å². The van der Waals surface area contributed by atoms with E-state index in [1.54, 1.807) is 36.4 Å². The lowest BCUT2D eigenvalue weighted by Gasteiger charge is -2.21. The van der Waals surface area contributed by atoms with Gasteiger partial charge in [-0.2, -0.15) is 0 Å². The van der Waals surface area contributed by atoms with Gasteiger partial charge in [0.25, 0.3) is 0 Å². The maximum atomic E-state index is 9.81. The topological polar surface area (TPSA) is 89.9 Å². The van der Waals surface area contributed by atoms with Gasteiger partial charge >= 0.3 is 0 Å². The molecule has 0 unspecified atom stereocenters. The van der Waals surface area contributed by atoms with E-state index in [-0.39, 0.29) is 11.5 Å². The molecule has 26 heavy (non-hydrogen) atoms. The van der Waals surface area contributed by atoms with Crippen LogP contribution >= 0.6 is 0 Å². The number of nitrogens with zero attached hydrogens (tertiary/aromatic N) is 4. The molecule has 1 aliphatic heterocycles. The van der Waals surface area contributed by atoms with Crippen LogP contribution in [0.3, 0.4) is 0 Å². The second kappa shape index (κ2) is 6.92. The van der Waals surface area contributed by atoms with Crippen molar-refractivity contribution >= 4 is 19.2 Å². The molecule has 2 aromatic rings. The lowest BCUT2D eigenvalue weighted by molar-refractivity contribution is 0.473. The van der Waals surface area contributed by atoms with Crippen LogP contribution in [0.25, 0.3) is 0 Å². The standard InChI is InChI=1S/C18H24N4O2S2/c1-25(2)19-17(13-7-5-9-15(23)11-13)21-26(3,4)22-18(20-25)14-8-6-10-16(24)12-14/h5-12,17-18,23-24H,1-4H3. The summed E-state index contributed by atoms with van der Waals surface area (Å²) in [5.41, 5.74) is 1.68. The lowest BCUT2D eigenvalue weighted by Crippen LogP contribution is -2.09. The molecule has 1 heterocycles. The Kier molecular flexibility index (Phi) is 4.98. The highest BCUT2D eigenvalue weighted by molar-refractivity contribution is 7.95. The Bertz CT molecular complexity index is 956. The predicted molar refractivity (Wildman–Crippen MR) is 110 cm³/mol. The van der Waals surface area contributed by atoms with Gasteiger partial charge in [0, 0.05) is 36.1 Å². The molecule has 1 aliphatic rings. The van der Waals surface area contributed by atoms with E-state index >= 15 is 0 Å². The maximum Gasteiger partial charge on any atom is 0.180 e. The molecule has 3 rings (SSSR count). The van der Waals surface area contributed by atoms with Crippen LogP contribution in [0.4, 0.5) is 0 Å². The SMILES string of the molecule is CS1(C)=NC(c2cccc(O)c2)N=S(C)(C)=NC(c2cccc(O)c2)N=1. The van der Waals surface area contributed by atoms with Gasteiger partial charge in [0.1, 0.15) is 11.5 Å². The summed E-state index contributed by atoms with van der Waals surface area (Å²) in [7, 11) is -3.40. The summed E-state index contributed by atoms with van der Waals surface area (Å²) in [5, 5.41) is 19.6. The number of phenolic OH excluding ortho intramolecular Hbond substituents is 2. The van der Waals surface area contributed by atoms with Gasteiger partial charge < -0.3 is 10.2 Å². The third-order valence-electron chi connectivity index (χ3n) is 3.77. The first-order valence-corrected chi connectivity index (χ1v) is 12.8. The number of hydrogen-bond acceptors (Lipinski definition) is 6. The van der Waals surface area contributed by atoms with Gasteiger partial charge in [-0.25, -0.2) is 17.5 Å². The number of rotatable bonds is 2. The molecule has 2 N–H and O–H groups in total. The van der Waals surface area contributed by atoms with Gasteiger partial charge in [0.2, 0.25) is 0 Å². The summed E-state index contributed by atoms with van der Waals surface area (Å²) in [6.07, 6.45) is 7.17. The molecule has 8 heteroatoms. The van der Waals surface area contributed by atoms with Gasteiger partial charge in [0.05, 0.1) is 0 Å². The molecule has 0 saturated carbocycles. The van der Waals surface area contributed by atoms with Crippen molar-refractivity contribution in [1.29, 1.82) is 0 Å². The molecule has 2 aromatic carbocycles. The fraction of sp³-hybridized carbons (Fsp3) is 0.333. The van der Waals surface area contributed by atoms with E-state index in [1.807, 2.05) is 37.2 Å². The van der Waals surface area contributed by atoms with Crippen LogP contribution in [0, 0.1) is 0 Å². The van der Waals surface area contributed by atoms with Crippen LogP contribution in [0.5, 0.6) is 11.5 Å². The first kappa shape index (κ1) is 18.7. The summed E-state index contributed by atoms with van der Waals surface area (Å²) in [6.45, 7) is 0. The van der Waals surface area contributed by atoms with Crippen molar-refractivity contribution in [2.24, 2.45) is 17.5 Å². The molecule has 140 valence electrons. The highest BCUT2D eigenvalue weighted by Crippen LogP contribution is 2.31. The van der Waals surface area contributed by atoms with Gasteiger partial charge in [-0.3, -0.25) is 0 Å². The van der Waals surface area contributed by atoms with Gasteiger partial charge in [-0.15, -0.1) is 0 Å². The Hall–Kier alpha value is -2.06. The lowest BCUT2D eigenvalue weighted by atomic mass is 10.2.